The monoisotopic (exact) mass is 401 g/mol. The van der Waals surface area contributed by atoms with E-state index in [4.69, 9.17) is 0 Å². The predicted octanol–water partition coefficient (Wildman–Crippen LogP) is 4.55. The van der Waals surface area contributed by atoms with Crippen LogP contribution in [0.2, 0.25) is 0 Å². The van der Waals surface area contributed by atoms with Crippen molar-refractivity contribution < 1.29 is 4.79 Å². The minimum Gasteiger partial charge on any atom is -0.352 e. The van der Waals surface area contributed by atoms with E-state index in [2.05, 4.69) is 56.2 Å². The first kappa shape index (κ1) is 14.8. The normalized spacial score (nSPS) is 10.5. The van der Waals surface area contributed by atoms with Gasteiger partial charge < -0.3 is 5.32 Å². The summed E-state index contributed by atoms with van der Waals surface area (Å²) >= 11 is 8.27. The summed E-state index contributed by atoms with van der Waals surface area (Å²) in [6, 6.07) is 10.1. The molecule has 2 aromatic rings. The Morgan fingerprint density at radius 1 is 1.32 bits per heavy atom. The highest BCUT2D eigenvalue weighted by Crippen LogP contribution is 2.31. The van der Waals surface area contributed by atoms with Gasteiger partial charge in [0.25, 0.3) is 5.91 Å². The molecule has 2 rings (SSSR count). The van der Waals surface area contributed by atoms with Gasteiger partial charge in [0.15, 0.2) is 0 Å². The SMILES string of the molecule is Cc1ccccc1CCNC(=O)c1cc(Br)sc1Br. The Labute approximate surface area is 133 Å². The molecule has 2 nitrogen and oxygen atoms in total. The molecule has 0 saturated carbocycles. The summed E-state index contributed by atoms with van der Waals surface area (Å²) < 4.78 is 1.80. The molecule has 0 fully saturated rings. The van der Waals surface area contributed by atoms with Crippen LogP contribution in [-0.2, 0) is 6.42 Å². The zero-order valence-corrected chi connectivity index (χ0v) is 14.4. The van der Waals surface area contributed by atoms with Crippen molar-refractivity contribution in [2.45, 2.75) is 13.3 Å². The molecule has 0 spiro atoms. The number of rotatable bonds is 4. The van der Waals surface area contributed by atoms with Crippen LogP contribution in [0.4, 0.5) is 0 Å². The Kier molecular flexibility index (Phi) is 5.19. The topological polar surface area (TPSA) is 29.1 Å². The van der Waals surface area contributed by atoms with Crippen LogP contribution in [0.3, 0.4) is 0 Å². The van der Waals surface area contributed by atoms with Gasteiger partial charge in [0, 0.05) is 6.54 Å². The predicted molar refractivity (Wildman–Crippen MR) is 86.9 cm³/mol. The summed E-state index contributed by atoms with van der Waals surface area (Å²) in [4.78, 5) is 12.0. The summed E-state index contributed by atoms with van der Waals surface area (Å²) in [7, 11) is 0. The lowest BCUT2D eigenvalue weighted by atomic mass is 10.1. The summed E-state index contributed by atoms with van der Waals surface area (Å²) in [5, 5.41) is 2.95. The van der Waals surface area contributed by atoms with E-state index < -0.39 is 0 Å². The largest absolute Gasteiger partial charge is 0.352 e. The molecule has 19 heavy (non-hydrogen) atoms. The molecule has 0 saturated heterocycles. The Balaban J connectivity index is 1.91. The van der Waals surface area contributed by atoms with Crippen molar-refractivity contribution >= 4 is 49.1 Å². The highest BCUT2D eigenvalue weighted by atomic mass is 79.9. The average Bonchev–Trinajstić information content (AvgIpc) is 2.71. The lowest BCUT2D eigenvalue weighted by Gasteiger charge is -2.07. The Bertz CT molecular complexity index is 595. The molecular formula is C14H13Br2NOS. The molecule has 0 bridgehead atoms. The van der Waals surface area contributed by atoms with E-state index in [0.717, 1.165) is 14.0 Å². The van der Waals surface area contributed by atoms with E-state index in [9.17, 15) is 4.79 Å². The molecule has 1 aromatic carbocycles. The zero-order chi connectivity index (χ0) is 13.8. The smallest absolute Gasteiger partial charge is 0.253 e. The van der Waals surface area contributed by atoms with E-state index in [1.54, 1.807) is 0 Å². The van der Waals surface area contributed by atoms with Gasteiger partial charge in [-0.25, -0.2) is 0 Å². The molecule has 1 heterocycles. The van der Waals surface area contributed by atoms with Crippen LogP contribution in [-0.4, -0.2) is 12.5 Å². The summed E-state index contributed by atoms with van der Waals surface area (Å²) in [5.41, 5.74) is 3.21. The van der Waals surface area contributed by atoms with Crippen LogP contribution in [0.25, 0.3) is 0 Å². The average molecular weight is 403 g/mol. The van der Waals surface area contributed by atoms with Crippen LogP contribution >= 0.6 is 43.2 Å². The number of nitrogens with one attached hydrogen (secondary N) is 1. The van der Waals surface area contributed by atoms with Crippen LogP contribution < -0.4 is 5.32 Å². The third kappa shape index (κ3) is 3.91. The first-order valence-corrected chi connectivity index (χ1v) is 8.25. The number of hydrogen-bond donors (Lipinski definition) is 1. The minimum absolute atomic E-state index is 0.0394. The number of amides is 1. The highest BCUT2D eigenvalue weighted by molar-refractivity contribution is 9.12. The fourth-order valence-electron chi connectivity index (χ4n) is 1.79. The maximum absolute atomic E-state index is 12.0. The van der Waals surface area contributed by atoms with E-state index in [1.165, 1.54) is 22.5 Å². The van der Waals surface area contributed by atoms with E-state index >= 15 is 0 Å². The van der Waals surface area contributed by atoms with Crippen molar-refractivity contribution in [2.75, 3.05) is 6.54 Å². The molecule has 0 aliphatic rings. The highest BCUT2D eigenvalue weighted by Gasteiger charge is 2.13. The molecule has 1 aromatic heterocycles. The van der Waals surface area contributed by atoms with Gasteiger partial charge in [0.05, 0.1) is 13.1 Å². The fourth-order valence-corrected chi connectivity index (χ4v) is 4.59. The summed E-state index contributed by atoms with van der Waals surface area (Å²) in [5.74, 6) is -0.0394. The van der Waals surface area contributed by atoms with Crippen LogP contribution in [0, 0.1) is 6.92 Å². The molecule has 1 amide bonds. The second-order valence-corrected chi connectivity index (χ2v) is 7.92. The van der Waals surface area contributed by atoms with Gasteiger partial charge in [-0.2, -0.15) is 0 Å². The third-order valence-electron chi connectivity index (χ3n) is 2.84. The van der Waals surface area contributed by atoms with Crippen molar-refractivity contribution in [1.82, 2.24) is 5.32 Å². The standard InChI is InChI=1S/C14H13Br2NOS/c1-9-4-2-3-5-10(9)6-7-17-14(18)11-8-12(15)19-13(11)16/h2-5,8H,6-7H2,1H3,(H,17,18). The lowest BCUT2D eigenvalue weighted by molar-refractivity contribution is 0.0954. The van der Waals surface area contributed by atoms with Gasteiger partial charge in [0.2, 0.25) is 0 Å². The number of halogens is 2. The van der Waals surface area contributed by atoms with Crippen LogP contribution in [0.5, 0.6) is 0 Å². The zero-order valence-electron chi connectivity index (χ0n) is 10.4. The molecule has 0 aliphatic carbocycles. The van der Waals surface area contributed by atoms with Gasteiger partial charge in [-0.05, 0) is 62.4 Å². The van der Waals surface area contributed by atoms with Crippen molar-refractivity contribution in [2.24, 2.45) is 0 Å². The summed E-state index contributed by atoms with van der Waals surface area (Å²) in [6.07, 6.45) is 0.849. The number of benzene rings is 1. The van der Waals surface area contributed by atoms with Gasteiger partial charge in [-0.3, -0.25) is 4.79 Å². The van der Waals surface area contributed by atoms with Crippen molar-refractivity contribution in [3.05, 3.63) is 54.6 Å². The van der Waals surface area contributed by atoms with Crippen molar-refractivity contribution in [3.63, 3.8) is 0 Å². The Morgan fingerprint density at radius 3 is 2.68 bits per heavy atom. The maximum Gasteiger partial charge on any atom is 0.253 e. The summed E-state index contributed by atoms with van der Waals surface area (Å²) in [6.45, 7) is 2.73. The first-order valence-electron chi connectivity index (χ1n) is 5.85. The van der Waals surface area contributed by atoms with Crippen LogP contribution in [0.1, 0.15) is 21.5 Å². The van der Waals surface area contributed by atoms with Gasteiger partial charge in [-0.15, -0.1) is 11.3 Å². The maximum atomic E-state index is 12.0. The van der Waals surface area contributed by atoms with Gasteiger partial charge >= 0.3 is 0 Å². The van der Waals surface area contributed by atoms with E-state index in [0.29, 0.717) is 12.1 Å². The number of hydrogen-bond acceptors (Lipinski definition) is 2. The second-order valence-electron chi connectivity index (χ2n) is 4.17. The second kappa shape index (κ2) is 6.68. The number of aryl methyl sites for hydroxylation is 1. The molecular weight excluding hydrogens is 390 g/mol. The fraction of sp³-hybridized carbons (Fsp3) is 0.214. The Hall–Kier alpha value is -0.650. The van der Waals surface area contributed by atoms with Crippen molar-refractivity contribution in [1.29, 1.82) is 0 Å². The van der Waals surface area contributed by atoms with Crippen molar-refractivity contribution in [3.8, 4) is 0 Å². The van der Waals surface area contributed by atoms with Crippen LogP contribution in [0.15, 0.2) is 37.9 Å². The lowest BCUT2D eigenvalue weighted by Crippen LogP contribution is -2.25. The molecule has 0 atom stereocenters. The first-order chi connectivity index (χ1) is 9.08. The Morgan fingerprint density at radius 2 is 2.05 bits per heavy atom. The molecule has 0 radical (unpaired) electrons. The van der Waals surface area contributed by atoms with E-state index in [-0.39, 0.29) is 5.91 Å². The number of carbonyl (C=O) groups excluding carboxylic acids is 1. The third-order valence-corrected chi connectivity index (χ3v) is 5.18. The minimum atomic E-state index is -0.0394. The molecule has 0 aliphatic heterocycles. The number of thiophene rings is 1. The molecule has 0 unspecified atom stereocenters. The van der Waals surface area contributed by atoms with Gasteiger partial charge in [-0.1, -0.05) is 24.3 Å². The number of carbonyl (C=O) groups is 1. The quantitative estimate of drug-likeness (QED) is 0.798. The molecule has 5 heteroatoms. The molecule has 100 valence electrons. The van der Waals surface area contributed by atoms with Gasteiger partial charge in [0.1, 0.15) is 0 Å². The van der Waals surface area contributed by atoms with E-state index in [1.807, 2.05) is 18.2 Å². The molecule has 1 N–H and O–H groups in total.